The number of rotatable bonds is 18. The van der Waals surface area contributed by atoms with Crippen LogP contribution < -0.4 is 0 Å². The van der Waals surface area contributed by atoms with Crippen LogP contribution in [0.2, 0.25) is 0 Å². The molecule has 0 bridgehead atoms. The Morgan fingerprint density at radius 1 is 0.684 bits per heavy atom. The maximum absolute atomic E-state index is 4.96. The van der Waals surface area contributed by atoms with Gasteiger partial charge in [0.2, 0.25) is 0 Å². The maximum Gasteiger partial charge on any atom is 0.0646 e. The Bertz CT molecular complexity index is 1030. The van der Waals surface area contributed by atoms with Crippen molar-refractivity contribution in [3.63, 3.8) is 0 Å². The molecule has 0 saturated carbocycles. The molecule has 0 amide bonds. The molecule has 2 nitrogen and oxygen atoms in total. The van der Waals surface area contributed by atoms with Crippen LogP contribution >= 0.6 is 0 Å². The molecule has 2 aromatic carbocycles. The zero-order chi connectivity index (χ0) is 27.3. The Labute approximate surface area is 234 Å². The summed E-state index contributed by atoms with van der Waals surface area (Å²) in [5, 5.41) is 0. The average Bonchev–Trinajstić information content (AvgIpc) is 2.95. The van der Waals surface area contributed by atoms with E-state index < -0.39 is 0 Å². The molecule has 0 spiro atoms. The standard InChI is InChI=1S/C36H52N2/c1-5-9-11-12-13-14-15-16-17-18-19-20-22-31-23-21-25-35(28-31)38-36(24-10-6-2)30-37-34-27-26-32(7-3)33(8-4)29-34/h21,23,25-30H,5-19,24H2,1-4H3. The Kier molecular flexibility index (Phi) is 16.9. The summed E-state index contributed by atoms with van der Waals surface area (Å²) in [7, 11) is 0. The monoisotopic (exact) mass is 512 g/mol. The summed E-state index contributed by atoms with van der Waals surface area (Å²) in [4.78, 5) is 9.75. The van der Waals surface area contributed by atoms with Crippen molar-refractivity contribution in [1.29, 1.82) is 0 Å². The smallest absolute Gasteiger partial charge is 0.0646 e. The minimum Gasteiger partial charge on any atom is -0.255 e. The van der Waals surface area contributed by atoms with Crippen LogP contribution in [0.25, 0.3) is 0 Å². The molecule has 0 saturated heterocycles. The molecule has 0 radical (unpaired) electrons. The second-order valence-corrected chi connectivity index (χ2v) is 10.4. The first-order valence-corrected chi connectivity index (χ1v) is 15.5. The Balaban J connectivity index is 1.90. The van der Waals surface area contributed by atoms with E-state index in [1.165, 1.54) is 75.3 Å². The van der Waals surface area contributed by atoms with Crippen LogP contribution in [-0.4, -0.2) is 11.9 Å². The molecule has 0 aromatic heterocycles. The molecule has 38 heavy (non-hydrogen) atoms. The van der Waals surface area contributed by atoms with E-state index in [2.05, 4.69) is 82.0 Å². The molecule has 0 N–H and O–H groups in total. The van der Waals surface area contributed by atoms with Gasteiger partial charge in [0.05, 0.1) is 17.1 Å². The van der Waals surface area contributed by atoms with Crippen LogP contribution in [-0.2, 0) is 12.8 Å². The predicted octanol–water partition coefficient (Wildman–Crippen LogP) is 11.1. The third kappa shape index (κ3) is 13.2. The van der Waals surface area contributed by atoms with Gasteiger partial charge < -0.3 is 0 Å². The molecule has 0 fully saturated rings. The summed E-state index contributed by atoms with van der Waals surface area (Å²) < 4.78 is 0. The predicted molar refractivity (Wildman–Crippen MR) is 170 cm³/mol. The van der Waals surface area contributed by atoms with Gasteiger partial charge in [-0.3, -0.25) is 9.98 Å². The molecule has 0 heterocycles. The van der Waals surface area contributed by atoms with Crippen molar-refractivity contribution in [3.8, 4) is 11.8 Å². The summed E-state index contributed by atoms with van der Waals surface area (Å²) >= 11 is 0. The summed E-state index contributed by atoms with van der Waals surface area (Å²) in [6.45, 7) is 8.92. The van der Waals surface area contributed by atoms with Crippen molar-refractivity contribution in [3.05, 3.63) is 59.2 Å². The zero-order valence-corrected chi connectivity index (χ0v) is 24.8. The molecule has 0 aliphatic rings. The molecule has 0 aliphatic carbocycles. The summed E-state index contributed by atoms with van der Waals surface area (Å²) in [6, 6.07) is 14.9. The van der Waals surface area contributed by atoms with Crippen LogP contribution in [0.4, 0.5) is 11.4 Å². The maximum atomic E-state index is 4.96. The van der Waals surface area contributed by atoms with Crippen molar-refractivity contribution in [2.24, 2.45) is 9.98 Å². The van der Waals surface area contributed by atoms with Crippen molar-refractivity contribution in [2.75, 3.05) is 0 Å². The van der Waals surface area contributed by atoms with Crippen molar-refractivity contribution >= 4 is 23.3 Å². The second-order valence-electron chi connectivity index (χ2n) is 10.4. The van der Waals surface area contributed by atoms with Crippen LogP contribution in [0.3, 0.4) is 0 Å². The molecule has 0 unspecified atom stereocenters. The number of hydrogen-bond acceptors (Lipinski definition) is 2. The van der Waals surface area contributed by atoms with Gasteiger partial charge in [0.15, 0.2) is 0 Å². The highest BCUT2D eigenvalue weighted by atomic mass is 14.8. The van der Waals surface area contributed by atoms with Gasteiger partial charge in [-0.2, -0.15) is 0 Å². The zero-order valence-electron chi connectivity index (χ0n) is 24.8. The van der Waals surface area contributed by atoms with Gasteiger partial charge in [-0.15, -0.1) is 0 Å². The van der Waals surface area contributed by atoms with E-state index in [4.69, 9.17) is 9.98 Å². The minimum atomic E-state index is 0.933. The van der Waals surface area contributed by atoms with Gasteiger partial charge in [0, 0.05) is 18.2 Å². The van der Waals surface area contributed by atoms with E-state index in [-0.39, 0.29) is 0 Å². The van der Waals surface area contributed by atoms with Crippen LogP contribution in [0.1, 0.15) is 134 Å². The van der Waals surface area contributed by atoms with Gasteiger partial charge in [-0.1, -0.05) is 116 Å². The average molecular weight is 513 g/mol. The minimum absolute atomic E-state index is 0.933. The summed E-state index contributed by atoms with van der Waals surface area (Å²) in [5.41, 5.74) is 6.85. The molecular weight excluding hydrogens is 460 g/mol. The van der Waals surface area contributed by atoms with E-state index >= 15 is 0 Å². The number of aryl methyl sites for hydroxylation is 2. The summed E-state index contributed by atoms with van der Waals surface area (Å²) in [6.07, 6.45) is 21.8. The van der Waals surface area contributed by atoms with E-state index in [1.54, 1.807) is 0 Å². The van der Waals surface area contributed by atoms with Crippen LogP contribution in [0.5, 0.6) is 0 Å². The third-order valence-electron chi connectivity index (χ3n) is 7.11. The Morgan fingerprint density at radius 2 is 1.37 bits per heavy atom. The summed E-state index contributed by atoms with van der Waals surface area (Å²) in [5.74, 6) is 6.74. The van der Waals surface area contributed by atoms with Gasteiger partial charge in [0.1, 0.15) is 0 Å². The molecule has 206 valence electrons. The van der Waals surface area contributed by atoms with E-state index in [9.17, 15) is 0 Å². The highest BCUT2D eigenvalue weighted by Crippen LogP contribution is 2.20. The number of aliphatic imine (C=N–C) groups is 2. The molecule has 0 atom stereocenters. The fourth-order valence-corrected chi connectivity index (χ4v) is 4.71. The van der Waals surface area contributed by atoms with Gasteiger partial charge in [-0.25, -0.2) is 0 Å². The third-order valence-corrected chi connectivity index (χ3v) is 7.11. The number of unbranched alkanes of at least 4 members (excludes halogenated alkanes) is 11. The number of nitrogens with zero attached hydrogens (tertiary/aromatic N) is 2. The molecule has 2 heteroatoms. The Hall–Kier alpha value is -2.66. The van der Waals surface area contributed by atoms with Crippen molar-refractivity contribution < 1.29 is 0 Å². The molecule has 2 aromatic rings. The largest absolute Gasteiger partial charge is 0.255 e. The fourth-order valence-electron chi connectivity index (χ4n) is 4.71. The van der Waals surface area contributed by atoms with Gasteiger partial charge in [-0.05, 0) is 73.6 Å². The SMILES string of the molecule is CCCCCCCCCCCCC#Cc1cccc(N=C(C=Nc2ccc(CC)c(CC)c2)CCCC)c1. The number of hydrogen-bond donors (Lipinski definition) is 0. The molecule has 0 aliphatic heterocycles. The lowest BCUT2D eigenvalue weighted by Gasteiger charge is -2.06. The highest BCUT2D eigenvalue weighted by Gasteiger charge is 2.02. The topological polar surface area (TPSA) is 24.7 Å². The van der Waals surface area contributed by atoms with Gasteiger partial charge in [0.25, 0.3) is 0 Å². The first kappa shape index (κ1) is 31.6. The lowest BCUT2D eigenvalue weighted by molar-refractivity contribution is 0.558. The quantitative estimate of drug-likeness (QED) is 0.108. The highest BCUT2D eigenvalue weighted by molar-refractivity contribution is 6.31. The van der Waals surface area contributed by atoms with Crippen molar-refractivity contribution in [2.45, 2.75) is 130 Å². The molecular formula is C36H52N2. The van der Waals surface area contributed by atoms with E-state index in [0.29, 0.717) is 0 Å². The van der Waals surface area contributed by atoms with E-state index in [1.807, 2.05) is 6.21 Å². The first-order chi connectivity index (χ1) is 18.7. The Morgan fingerprint density at radius 3 is 2.05 bits per heavy atom. The lowest BCUT2D eigenvalue weighted by atomic mass is 10.0. The molecule has 2 rings (SSSR count). The second kappa shape index (κ2) is 20.3. The van der Waals surface area contributed by atoms with Crippen molar-refractivity contribution in [1.82, 2.24) is 0 Å². The lowest BCUT2D eigenvalue weighted by Crippen LogP contribution is -1.99. The van der Waals surface area contributed by atoms with Crippen LogP contribution in [0, 0.1) is 11.8 Å². The first-order valence-electron chi connectivity index (χ1n) is 15.5. The normalized spacial score (nSPS) is 11.6. The van der Waals surface area contributed by atoms with Gasteiger partial charge >= 0.3 is 0 Å². The van der Waals surface area contributed by atoms with Crippen LogP contribution in [0.15, 0.2) is 52.4 Å². The number of benzene rings is 2. The fraction of sp³-hybridized carbons (Fsp3) is 0.556. The van der Waals surface area contributed by atoms with E-state index in [0.717, 1.165) is 61.2 Å².